The van der Waals surface area contributed by atoms with Crippen molar-refractivity contribution in [3.63, 3.8) is 0 Å². The van der Waals surface area contributed by atoms with Crippen LogP contribution in [0.4, 0.5) is 13.6 Å². The first-order valence-electron chi connectivity index (χ1n) is 12.4. The van der Waals surface area contributed by atoms with Gasteiger partial charge in [-0.25, -0.2) is 13.6 Å². The van der Waals surface area contributed by atoms with E-state index in [1.54, 1.807) is 20.8 Å². The van der Waals surface area contributed by atoms with Crippen molar-refractivity contribution >= 4 is 29.6 Å². The molecule has 1 heterocycles. The molecule has 1 saturated heterocycles. The second kappa shape index (κ2) is 10.3. The molecule has 4 amide bonds. The first kappa shape index (κ1) is 27.8. The van der Waals surface area contributed by atoms with E-state index in [-0.39, 0.29) is 24.4 Å². The molecule has 3 fully saturated rings. The Bertz CT molecular complexity index is 911. The van der Waals surface area contributed by atoms with Gasteiger partial charge in [0.25, 0.3) is 5.91 Å². The molecule has 1 aliphatic heterocycles. The molecule has 12 heteroatoms. The molecular weight excluding hydrogens is 478 g/mol. The number of nitrogens with one attached hydrogen (secondary N) is 3. The van der Waals surface area contributed by atoms with E-state index in [2.05, 4.69) is 16.0 Å². The standard InChI is InChI=1S/C24H36F2N4O6/c1-23(2,3)18(29-22(35)36)21(34)30-11-12-5-8-14(12)16(30)19(32)28-15(9-10-24(4,25)26)17(31)20(33)27-13-6-7-13/h12-16,18,29H,5-11H2,1-4H3,(H,27,33)(H,28,32)(H,35,36)/t12-,14-,15?,16-,18?/m0/s1. The number of carbonyl (C=O) groups is 5. The molecule has 2 aliphatic carbocycles. The number of rotatable bonds is 10. The average Bonchev–Trinajstić information content (AvgIpc) is 3.50. The van der Waals surface area contributed by atoms with E-state index in [9.17, 15) is 37.9 Å². The fourth-order valence-electron chi connectivity index (χ4n) is 4.90. The second-order valence-corrected chi connectivity index (χ2v) is 11.5. The minimum atomic E-state index is -3.10. The lowest BCUT2D eigenvalue weighted by Gasteiger charge is -2.36. The number of hydrogen-bond donors (Lipinski definition) is 4. The molecule has 0 aromatic heterocycles. The van der Waals surface area contributed by atoms with E-state index in [1.807, 2.05) is 0 Å². The summed E-state index contributed by atoms with van der Waals surface area (Å²) in [7, 11) is 0. The maximum absolute atomic E-state index is 13.6. The van der Waals surface area contributed by atoms with Gasteiger partial charge < -0.3 is 26.0 Å². The van der Waals surface area contributed by atoms with Gasteiger partial charge in [-0.15, -0.1) is 0 Å². The van der Waals surface area contributed by atoms with Crippen LogP contribution in [0.2, 0.25) is 0 Å². The third-order valence-electron chi connectivity index (χ3n) is 7.22. The molecule has 0 aromatic rings. The first-order chi connectivity index (χ1) is 16.6. The van der Waals surface area contributed by atoms with Crippen molar-refractivity contribution in [2.45, 2.75) is 96.3 Å². The van der Waals surface area contributed by atoms with Crippen LogP contribution in [0.1, 0.15) is 66.2 Å². The van der Waals surface area contributed by atoms with Gasteiger partial charge in [0.1, 0.15) is 12.1 Å². The van der Waals surface area contributed by atoms with Crippen LogP contribution in [-0.2, 0) is 19.2 Å². The topological polar surface area (TPSA) is 145 Å². The average molecular weight is 515 g/mol. The highest BCUT2D eigenvalue weighted by Crippen LogP contribution is 2.45. The zero-order valence-electron chi connectivity index (χ0n) is 21.1. The molecule has 3 rings (SSSR count). The third kappa shape index (κ3) is 6.70. The van der Waals surface area contributed by atoms with E-state index in [1.165, 1.54) is 4.90 Å². The number of halogens is 2. The number of fused-ring (bicyclic) bond motifs is 1. The molecule has 2 unspecified atom stereocenters. The minimum Gasteiger partial charge on any atom is -0.465 e. The van der Waals surface area contributed by atoms with Gasteiger partial charge in [0, 0.05) is 19.0 Å². The molecule has 0 aromatic carbocycles. The van der Waals surface area contributed by atoms with Gasteiger partial charge in [0.05, 0.1) is 6.04 Å². The Balaban J connectivity index is 1.80. The zero-order chi connectivity index (χ0) is 27.0. The highest BCUT2D eigenvalue weighted by atomic mass is 19.3. The number of nitrogens with zero attached hydrogens (tertiary/aromatic N) is 1. The molecule has 3 aliphatic rings. The summed E-state index contributed by atoms with van der Waals surface area (Å²) >= 11 is 0. The van der Waals surface area contributed by atoms with Crippen molar-refractivity contribution < 1.29 is 37.9 Å². The Morgan fingerprint density at radius 3 is 2.11 bits per heavy atom. The van der Waals surface area contributed by atoms with Crippen molar-refractivity contribution in [3.05, 3.63) is 0 Å². The maximum Gasteiger partial charge on any atom is 0.405 e. The SMILES string of the molecule is CC(F)(F)CCC(NC(=O)[C@@H]1[C@H]2CC[C@H]2CN1C(=O)C(NC(=O)O)C(C)(C)C)C(=O)C(=O)NC1CC1. The normalized spacial score (nSPS) is 25.2. The summed E-state index contributed by atoms with van der Waals surface area (Å²) in [6.07, 6.45) is 0.376. The van der Waals surface area contributed by atoms with E-state index >= 15 is 0 Å². The Hall–Kier alpha value is -2.79. The molecule has 0 spiro atoms. The van der Waals surface area contributed by atoms with Crippen LogP contribution in [0.25, 0.3) is 0 Å². The molecule has 5 atom stereocenters. The fraction of sp³-hybridized carbons (Fsp3) is 0.792. The maximum atomic E-state index is 13.6. The summed E-state index contributed by atoms with van der Waals surface area (Å²) in [5.41, 5.74) is -0.787. The van der Waals surface area contributed by atoms with Crippen LogP contribution in [0.5, 0.6) is 0 Å². The van der Waals surface area contributed by atoms with Crippen LogP contribution in [-0.4, -0.2) is 76.2 Å². The largest absolute Gasteiger partial charge is 0.465 e. The van der Waals surface area contributed by atoms with Gasteiger partial charge in [0.2, 0.25) is 23.5 Å². The fourth-order valence-corrected chi connectivity index (χ4v) is 4.90. The van der Waals surface area contributed by atoms with Crippen molar-refractivity contribution in [2.75, 3.05) is 6.54 Å². The third-order valence-corrected chi connectivity index (χ3v) is 7.22. The van der Waals surface area contributed by atoms with Gasteiger partial charge in [-0.05, 0) is 56.3 Å². The lowest BCUT2D eigenvalue weighted by Crippen LogP contribution is -2.60. The molecule has 2 saturated carbocycles. The highest BCUT2D eigenvalue weighted by Gasteiger charge is 2.54. The number of amides is 4. The van der Waals surface area contributed by atoms with Crippen LogP contribution in [0.15, 0.2) is 0 Å². The summed E-state index contributed by atoms with van der Waals surface area (Å²) in [6, 6.07) is -3.70. The predicted octanol–water partition coefficient (Wildman–Crippen LogP) is 1.67. The summed E-state index contributed by atoms with van der Waals surface area (Å²) in [5.74, 6) is -6.44. The van der Waals surface area contributed by atoms with E-state index in [4.69, 9.17) is 0 Å². The first-order valence-corrected chi connectivity index (χ1v) is 12.4. The molecule has 36 heavy (non-hydrogen) atoms. The Morgan fingerprint density at radius 1 is 1.00 bits per heavy atom. The summed E-state index contributed by atoms with van der Waals surface area (Å²) < 4.78 is 27.1. The lowest BCUT2D eigenvalue weighted by molar-refractivity contribution is -0.145. The van der Waals surface area contributed by atoms with Gasteiger partial charge in [-0.1, -0.05) is 20.8 Å². The van der Waals surface area contributed by atoms with E-state index in [0.29, 0.717) is 13.3 Å². The Labute approximate surface area is 208 Å². The Morgan fingerprint density at radius 2 is 1.64 bits per heavy atom. The second-order valence-electron chi connectivity index (χ2n) is 11.5. The highest BCUT2D eigenvalue weighted by molar-refractivity contribution is 6.38. The monoisotopic (exact) mass is 514 g/mol. The van der Waals surface area contributed by atoms with Crippen LogP contribution in [0, 0.1) is 17.3 Å². The van der Waals surface area contributed by atoms with E-state index in [0.717, 1.165) is 19.3 Å². The van der Waals surface area contributed by atoms with Crippen LogP contribution >= 0.6 is 0 Å². The van der Waals surface area contributed by atoms with E-state index < -0.39 is 71.9 Å². The van der Waals surface area contributed by atoms with Crippen molar-refractivity contribution in [2.24, 2.45) is 17.3 Å². The lowest BCUT2D eigenvalue weighted by atomic mass is 9.73. The zero-order valence-corrected chi connectivity index (χ0v) is 21.1. The molecule has 0 radical (unpaired) electrons. The number of carboxylic acid groups (broad SMARTS) is 1. The predicted molar refractivity (Wildman–Crippen MR) is 124 cm³/mol. The van der Waals surface area contributed by atoms with Gasteiger partial charge in [0.15, 0.2) is 0 Å². The number of hydrogen-bond acceptors (Lipinski definition) is 5. The Kier molecular flexibility index (Phi) is 7.95. The molecule has 202 valence electrons. The van der Waals surface area contributed by atoms with Crippen molar-refractivity contribution in [1.29, 1.82) is 0 Å². The molecule has 10 nitrogen and oxygen atoms in total. The summed E-state index contributed by atoms with van der Waals surface area (Å²) in [4.78, 5) is 64.7. The van der Waals surface area contributed by atoms with Gasteiger partial charge in [-0.2, -0.15) is 0 Å². The minimum absolute atomic E-state index is 0.0439. The smallest absolute Gasteiger partial charge is 0.405 e. The molecule has 0 bridgehead atoms. The summed E-state index contributed by atoms with van der Waals surface area (Å²) in [5, 5.41) is 16.5. The number of likely N-dealkylation sites (tertiary alicyclic amines) is 1. The van der Waals surface area contributed by atoms with Gasteiger partial charge in [-0.3, -0.25) is 19.2 Å². The number of ketones is 1. The number of Topliss-reactive ketones (excluding diaryl/α,β-unsaturated/α-hetero) is 1. The quantitative estimate of drug-likeness (QED) is 0.327. The number of carbonyl (C=O) groups excluding carboxylic acids is 4. The molecular formula is C24H36F2N4O6. The van der Waals surface area contributed by atoms with Crippen LogP contribution < -0.4 is 16.0 Å². The van der Waals surface area contributed by atoms with Crippen LogP contribution in [0.3, 0.4) is 0 Å². The summed E-state index contributed by atoms with van der Waals surface area (Å²) in [6.45, 7) is 6.04. The van der Waals surface area contributed by atoms with Crippen molar-refractivity contribution in [1.82, 2.24) is 20.9 Å². The van der Waals surface area contributed by atoms with Crippen molar-refractivity contribution in [3.8, 4) is 0 Å². The number of alkyl halides is 2. The van der Waals surface area contributed by atoms with Gasteiger partial charge >= 0.3 is 6.09 Å². The molecule has 4 N–H and O–H groups in total.